The molecule has 1 aliphatic heterocycles. The minimum absolute atomic E-state index is 0.753. The van der Waals surface area contributed by atoms with Gasteiger partial charge in [-0.3, -0.25) is 5.43 Å². The van der Waals surface area contributed by atoms with Crippen LogP contribution in [0.25, 0.3) is 0 Å². The van der Waals surface area contributed by atoms with E-state index in [0.717, 1.165) is 39.4 Å². The van der Waals surface area contributed by atoms with Crippen LogP contribution in [-0.4, -0.2) is 30.9 Å². The highest BCUT2D eigenvalue weighted by molar-refractivity contribution is 8.14. The Balaban J connectivity index is 1.75. The Hall–Kier alpha value is -2.47. The number of nitrogens with zero attached hydrogens (tertiary/aromatic N) is 2. The highest BCUT2D eigenvalue weighted by atomic mass is 32.2. The number of hydrogen-bond acceptors (Lipinski definition) is 5. The molecule has 0 unspecified atom stereocenters. The number of rotatable bonds is 4. The maximum atomic E-state index is 5.25. The lowest BCUT2D eigenvalue weighted by Gasteiger charge is -2.15. The molecule has 0 radical (unpaired) electrons. The minimum atomic E-state index is 0.753. The number of hydrazone groups is 1. The van der Waals surface area contributed by atoms with Crippen LogP contribution in [0.5, 0.6) is 11.5 Å². The van der Waals surface area contributed by atoms with Crippen LogP contribution in [0.15, 0.2) is 58.6 Å². The van der Waals surface area contributed by atoms with E-state index in [0.29, 0.717) is 0 Å². The fourth-order valence-electron chi connectivity index (χ4n) is 2.12. The van der Waals surface area contributed by atoms with Gasteiger partial charge in [0.25, 0.3) is 0 Å². The lowest BCUT2D eigenvalue weighted by Crippen LogP contribution is -2.25. The molecule has 0 spiro atoms. The first-order valence-corrected chi connectivity index (χ1v) is 8.09. The Morgan fingerprint density at radius 1 is 1.04 bits per heavy atom. The van der Waals surface area contributed by atoms with Crippen LogP contribution in [0.4, 0.5) is 5.69 Å². The summed E-state index contributed by atoms with van der Waals surface area (Å²) < 4.78 is 10.5. The van der Waals surface area contributed by atoms with Gasteiger partial charge in [-0.25, -0.2) is 4.99 Å². The highest BCUT2D eigenvalue weighted by Crippen LogP contribution is 2.23. The van der Waals surface area contributed by atoms with Crippen molar-refractivity contribution in [2.45, 2.75) is 0 Å². The molecule has 0 saturated heterocycles. The number of amidine groups is 1. The van der Waals surface area contributed by atoms with Crippen LogP contribution in [0, 0.1) is 0 Å². The Morgan fingerprint density at radius 2 is 1.78 bits per heavy atom. The Labute approximate surface area is 139 Å². The lowest BCUT2D eigenvalue weighted by atomic mass is 10.1. The summed E-state index contributed by atoms with van der Waals surface area (Å²) in [6.07, 6.45) is 0. The molecule has 0 aliphatic carbocycles. The number of hydrogen-bond donors (Lipinski definition) is 1. The van der Waals surface area contributed by atoms with Crippen LogP contribution in [-0.2, 0) is 0 Å². The van der Waals surface area contributed by atoms with Gasteiger partial charge in [0.05, 0.1) is 25.6 Å². The third-order valence-electron chi connectivity index (χ3n) is 3.32. The predicted molar refractivity (Wildman–Crippen MR) is 95.2 cm³/mol. The van der Waals surface area contributed by atoms with Crippen molar-refractivity contribution in [1.82, 2.24) is 5.43 Å². The lowest BCUT2D eigenvalue weighted by molar-refractivity contribution is 0.414. The summed E-state index contributed by atoms with van der Waals surface area (Å²) in [4.78, 5) is 4.55. The first-order valence-electron chi connectivity index (χ1n) is 7.11. The SMILES string of the molecule is COc1cccc(N=C2NN=C(c3cccc(OC)c3)CS2)c1. The molecular weight excluding hydrogens is 310 g/mol. The second-order valence-corrected chi connectivity index (χ2v) is 5.77. The minimum Gasteiger partial charge on any atom is -0.497 e. The topological polar surface area (TPSA) is 55.2 Å². The van der Waals surface area contributed by atoms with Gasteiger partial charge in [0.2, 0.25) is 0 Å². The number of thioether (sulfide) groups is 1. The van der Waals surface area contributed by atoms with E-state index < -0.39 is 0 Å². The van der Waals surface area contributed by atoms with E-state index in [2.05, 4.69) is 15.5 Å². The molecule has 0 fully saturated rings. The van der Waals surface area contributed by atoms with Gasteiger partial charge in [0.1, 0.15) is 11.5 Å². The van der Waals surface area contributed by atoms with E-state index >= 15 is 0 Å². The smallest absolute Gasteiger partial charge is 0.182 e. The van der Waals surface area contributed by atoms with Crippen LogP contribution < -0.4 is 14.9 Å². The Kier molecular flexibility index (Phi) is 4.83. The van der Waals surface area contributed by atoms with E-state index in [-0.39, 0.29) is 0 Å². The van der Waals surface area contributed by atoms with Gasteiger partial charge in [0.15, 0.2) is 5.17 Å². The summed E-state index contributed by atoms with van der Waals surface area (Å²) in [6, 6.07) is 15.5. The molecule has 0 amide bonds. The number of methoxy groups -OCH3 is 2. The van der Waals surface area contributed by atoms with Gasteiger partial charge >= 0.3 is 0 Å². The summed E-state index contributed by atoms with van der Waals surface area (Å²) in [5, 5.41) is 5.19. The van der Waals surface area contributed by atoms with Crippen molar-refractivity contribution in [3.05, 3.63) is 54.1 Å². The van der Waals surface area contributed by atoms with E-state index in [9.17, 15) is 0 Å². The molecule has 118 valence electrons. The molecule has 0 aromatic heterocycles. The number of benzene rings is 2. The van der Waals surface area contributed by atoms with Gasteiger partial charge in [-0.15, -0.1) is 0 Å². The Bertz CT molecular complexity index is 759. The Morgan fingerprint density at radius 3 is 2.48 bits per heavy atom. The van der Waals surface area contributed by atoms with Crippen molar-refractivity contribution in [2.75, 3.05) is 20.0 Å². The monoisotopic (exact) mass is 327 g/mol. The molecule has 6 heteroatoms. The third kappa shape index (κ3) is 3.84. The quantitative estimate of drug-likeness (QED) is 0.935. The van der Waals surface area contributed by atoms with Crippen LogP contribution >= 0.6 is 11.8 Å². The van der Waals surface area contributed by atoms with E-state index in [1.807, 2.05) is 48.5 Å². The zero-order chi connectivity index (χ0) is 16.1. The first kappa shape index (κ1) is 15.4. The first-order chi connectivity index (χ1) is 11.3. The molecular formula is C17H17N3O2S. The molecule has 1 heterocycles. The van der Waals surface area contributed by atoms with Crippen molar-refractivity contribution in [3.63, 3.8) is 0 Å². The summed E-state index contributed by atoms with van der Waals surface area (Å²) in [7, 11) is 3.30. The van der Waals surface area contributed by atoms with Crippen molar-refractivity contribution < 1.29 is 9.47 Å². The molecule has 2 aromatic carbocycles. The summed E-state index contributed by atoms with van der Waals surface area (Å²) in [5.41, 5.74) is 5.86. The normalized spacial score (nSPS) is 15.7. The summed E-state index contributed by atoms with van der Waals surface area (Å²) >= 11 is 1.61. The van der Waals surface area contributed by atoms with Gasteiger partial charge < -0.3 is 9.47 Å². The number of aliphatic imine (C=N–C) groups is 1. The van der Waals surface area contributed by atoms with Crippen LogP contribution in [0.3, 0.4) is 0 Å². The average Bonchev–Trinajstić information content (AvgIpc) is 2.62. The van der Waals surface area contributed by atoms with Crippen molar-refractivity contribution >= 4 is 28.3 Å². The van der Waals surface area contributed by atoms with Crippen molar-refractivity contribution in [3.8, 4) is 11.5 Å². The molecule has 0 saturated carbocycles. The second-order valence-electron chi connectivity index (χ2n) is 4.81. The molecule has 5 nitrogen and oxygen atoms in total. The summed E-state index contributed by atoms with van der Waals surface area (Å²) in [6.45, 7) is 0. The van der Waals surface area contributed by atoms with Crippen LogP contribution in [0.1, 0.15) is 5.56 Å². The number of nitrogens with one attached hydrogen (secondary N) is 1. The molecule has 3 rings (SSSR count). The molecule has 0 bridgehead atoms. The van der Waals surface area contributed by atoms with Gasteiger partial charge in [-0.1, -0.05) is 30.0 Å². The fraction of sp³-hybridized carbons (Fsp3) is 0.176. The van der Waals surface area contributed by atoms with Crippen molar-refractivity contribution in [1.29, 1.82) is 0 Å². The summed E-state index contributed by atoms with van der Waals surface area (Å²) in [5.74, 6) is 2.36. The maximum Gasteiger partial charge on any atom is 0.182 e. The predicted octanol–water partition coefficient (Wildman–Crippen LogP) is 3.43. The van der Waals surface area contributed by atoms with Gasteiger partial charge in [0, 0.05) is 17.4 Å². The van der Waals surface area contributed by atoms with E-state index in [1.165, 1.54) is 0 Å². The zero-order valence-corrected chi connectivity index (χ0v) is 13.8. The van der Waals surface area contributed by atoms with E-state index in [4.69, 9.17) is 9.47 Å². The molecule has 2 aromatic rings. The van der Waals surface area contributed by atoms with Gasteiger partial charge in [-0.2, -0.15) is 5.10 Å². The average molecular weight is 327 g/mol. The third-order valence-corrected chi connectivity index (χ3v) is 4.19. The maximum absolute atomic E-state index is 5.25. The standard InChI is InChI=1S/C17H17N3O2S/c1-21-14-7-3-5-12(9-14)16-11-23-17(20-19-16)18-13-6-4-8-15(10-13)22-2/h3-10H,11H2,1-2H3,(H,18,20). The number of ether oxygens (including phenoxy) is 2. The molecule has 1 N–H and O–H groups in total. The second kappa shape index (κ2) is 7.19. The highest BCUT2D eigenvalue weighted by Gasteiger charge is 2.13. The molecule has 1 aliphatic rings. The van der Waals surface area contributed by atoms with Crippen LogP contribution in [0.2, 0.25) is 0 Å². The largest absolute Gasteiger partial charge is 0.497 e. The van der Waals surface area contributed by atoms with Gasteiger partial charge in [-0.05, 0) is 24.3 Å². The zero-order valence-electron chi connectivity index (χ0n) is 12.9. The van der Waals surface area contributed by atoms with E-state index in [1.54, 1.807) is 26.0 Å². The molecule has 23 heavy (non-hydrogen) atoms. The van der Waals surface area contributed by atoms with Crippen molar-refractivity contribution in [2.24, 2.45) is 10.1 Å². The fourth-order valence-corrected chi connectivity index (χ4v) is 2.91. The molecule has 0 atom stereocenters.